The summed E-state index contributed by atoms with van der Waals surface area (Å²) in [4.78, 5) is 11.1. The van der Waals surface area contributed by atoms with Gasteiger partial charge in [-0.15, -0.1) is 5.11 Å². The van der Waals surface area contributed by atoms with Gasteiger partial charge in [-0.1, -0.05) is 11.6 Å². The number of aryl methyl sites for hydroxylation is 2. The van der Waals surface area contributed by atoms with Crippen LogP contribution in [0.5, 0.6) is 0 Å². The van der Waals surface area contributed by atoms with Crippen molar-refractivity contribution < 1.29 is 14.5 Å². The average Bonchev–Trinajstić information content (AvgIpc) is 3.00. The van der Waals surface area contributed by atoms with Gasteiger partial charge in [-0.25, -0.2) is 9.13 Å². The fourth-order valence-corrected chi connectivity index (χ4v) is 3.36. The lowest BCUT2D eigenvalue weighted by Gasteiger charge is -2.21. The predicted molar refractivity (Wildman–Crippen MR) is 119 cm³/mol. The summed E-state index contributed by atoms with van der Waals surface area (Å²) in [6, 6.07) is 13.8. The van der Waals surface area contributed by atoms with Crippen LogP contribution in [0.3, 0.4) is 0 Å². The highest BCUT2D eigenvalue weighted by molar-refractivity contribution is 6.31. The van der Waals surface area contributed by atoms with Crippen LogP contribution in [-0.2, 0) is 18.9 Å². The smallest absolute Gasteiger partial charge is 0.244 e. The molecule has 31 heavy (non-hydrogen) atoms. The Bertz CT molecular complexity index is 1110. The van der Waals surface area contributed by atoms with Crippen molar-refractivity contribution in [2.45, 2.75) is 20.3 Å². The number of hydrogen-bond donors (Lipinski definition) is 0. The first-order chi connectivity index (χ1) is 14.8. The Labute approximate surface area is 186 Å². The van der Waals surface area contributed by atoms with Crippen molar-refractivity contribution in [2.75, 3.05) is 18.0 Å². The molecule has 0 saturated carbocycles. The van der Waals surface area contributed by atoms with Crippen LogP contribution in [-0.4, -0.2) is 23.6 Å². The van der Waals surface area contributed by atoms with Crippen LogP contribution in [0, 0.1) is 11.3 Å². The molecular weight excluding hydrogens is 416 g/mol. The van der Waals surface area contributed by atoms with Crippen molar-refractivity contribution in [3.8, 4) is 6.07 Å². The molecule has 3 aromatic rings. The number of imidazole rings is 1. The Kier molecular flexibility index (Phi) is 8.53. The molecule has 8 nitrogen and oxygen atoms in total. The van der Waals surface area contributed by atoms with E-state index in [1.807, 2.05) is 66.0 Å². The van der Waals surface area contributed by atoms with Gasteiger partial charge < -0.3 is 14.8 Å². The van der Waals surface area contributed by atoms with Crippen LogP contribution in [0.25, 0.3) is 11.0 Å². The predicted octanol–water partition coefficient (Wildman–Crippen LogP) is 3.57. The number of rotatable bonds is 6. The standard InChI is InChI=1S/C20H22ClN6.C2H4O2/c1-4-27(11-5-10-22)17-8-6-16(7-9-17)23-24-18-12-15(21)13-19-20(18)26(3)14-25(19)2;1-2(3)4/h6-9,12-14H,4-5,11H2,1-3H3;1H3,(H,3,4)/q+1;/p-1. The molecule has 1 heterocycles. The SMILES string of the molecule is CC(=O)[O-].CCN(CCC#N)c1ccc(N=Nc2cc(Cl)cc3c2[n+](C)cn3C)cc1. The van der Waals surface area contributed by atoms with E-state index in [4.69, 9.17) is 26.8 Å². The molecule has 0 aliphatic carbocycles. The number of nitrogens with zero attached hydrogens (tertiary/aromatic N) is 6. The van der Waals surface area contributed by atoms with Crippen molar-refractivity contribution in [3.05, 3.63) is 47.7 Å². The lowest BCUT2D eigenvalue weighted by atomic mass is 10.2. The summed E-state index contributed by atoms with van der Waals surface area (Å²) < 4.78 is 4.02. The molecule has 0 spiro atoms. The zero-order valence-electron chi connectivity index (χ0n) is 18.0. The number of benzene rings is 2. The van der Waals surface area contributed by atoms with Crippen molar-refractivity contribution in [3.63, 3.8) is 0 Å². The highest BCUT2D eigenvalue weighted by Gasteiger charge is 2.16. The van der Waals surface area contributed by atoms with E-state index >= 15 is 0 Å². The number of anilines is 1. The van der Waals surface area contributed by atoms with Crippen LogP contribution in [0.15, 0.2) is 53.0 Å². The lowest BCUT2D eigenvalue weighted by molar-refractivity contribution is -0.645. The second-order valence-electron chi connectivity index (χ2n) is 6.83. The van der Waals surface area contributed by atoms with E-state index < -0.39 is 5.97 Å². The minimum Gasteiger partial charge on any atom is -0.550 e. The molecule has 0 aliphatic heterocycles. The van der Waals surface area contributed by atoms with Crippen molar-refractivity contribution in [1.82, 2.24) is 4.57 Å². The zero-order valence-corrected chi connectivity index (χ0v) is 18.8. The summed E-state index contributed by atoms with van der Waals surface area (Å²) in [6.07, 6.45) is 2.49. The van der Waals surface area contributed by atoms with E-state index in [9.17, 15) is 0 Å². The first-order valence-electron chi connectivity index (χ1n) is 9.72. The molecule has 0 amide bonds. The molecule has 2 aromatic carbocycles. The Morgan fingerprint density at radius 1 is 1.29 bits per heavy atom. The molecule has 0 aliphatic rings. The second-order valence-corrected chi connectivity index (χ2v) is 7.26. The molecule has 0 bridgehead atoms. The Morgan fingerprint density at radius 2 is 1.94 bits per heavy atom. The molecule has 162 valence electrons. The summed E-state index contributed by atoms with van der Waals surface area (Å²) in [5.74, 6) is -1.08. The number of azo groups is 1. The van der Waals surface area contributed by atoms with Gasteiger partial charge >= 0.3 is 0 Å². The van der Waals surface area contributed by atoms with Gasteiger partial charge in [0, 0.05) is 35.8 Å². The average molecular weight is 441 g/mol. The molecule has 1 aromatic heterocycles. The Hall–Kier alpha value is -3.44. The van der Waals surface area contributed by atoms with E-state index in [2.05, 4.69) is 28.1 Å². The van der Waals surface area contributed by atoms with Gasteiger partial charge in [0.1, 0.15) is 5.69 Å². The van der Waals surface area contributed by atoms with E-state index in [-0.39, 0.29) is 0 Å². The number of nitriles is 1. The third kappa shape index (κ3) is 6.52. The third-order valence-electron chi connectivity index (χ3n) is 4.48. The van der Waals surface area contributed by atoms with Gasteiger partial charge in [0.15, 0.2) is 5.52 Å². The van der Waals surface area contributed by atoms with E-state index in [1.165, 1.54) is 0 Å². The van der Waals surface area contributed by atoms with Crippen molar-refractivity contribution in [2.24, 2.45) is 24.3 Å². The van der Waals surface area contributed by atoms with Crippen LogP contribution >= 0.6 is 11.6 Å². The topological polar surface area (TPSA) is 101 Å². The fourth-order valence-electron chi connectivity index (χ4n) is 3.15. The summed E-state index contributed by atoms with van der Waals surface area (Å²) in [7, 11) is 3.95. The lowest BCUT2D eigenvalue weighted by Crippen LogP contribution is -2.25. The molecule has 0 unspecified atom stereocenters. The first kappa shape index (κ1) is 23.8. The number of carboxylic acids is 1. The highest BCUT2D eigenvalue weighted by atomic mass is 35.5. The van der Waals surface area contributed by atoms with Crippen LogP contribution in [0.1, 0.15) is 20.3 Å². The monoisotopic (exact) mass is 440 g/mol. The molecule has 9 heteroatoms. The number of carbonyl (C=O) groups is 1. The molecule has 0 atom stereocenters. The number of halogens is 1. The molecule has 0 fully saturated rings. The minimum absolute atomic E-state index is 0.508. The van der Waals surface area contributed by atoms with Gasteiger partial charge in [0.25, 0.3) is 0 Å². The van der Waals surface area contributed by atoms with Crippen molar-refractivity contribution >= 4 is 45.7 Å². The first-order valence-corrected chi connectivity index (χ1v) is 10.1. The highest BCUT2D eigenvalue weighted by Crippen LogP contribution is 2.30. The molecule has 0 radical (unpaired) electrons. The summed E-state index contributed by atoms with van der Waals surface area (Å²) >= 11 is 6.25. The quantitative estimate of drug-likeness (QED) is 0.432. The number of hydrogen-bond acceptors (Lipinski definition) is 6. The number of aromatic nitrogens is 2. The minimum atomic E-state index is -1.08. The van der Waals surface area contributed by atoms with Gasteiger partial charge in [-0.05, 0) is 44.2 Å². The third-order valence-corrected chi connectivity index (χ3v) is 4.70. The molecule has 0 saturated heterocycles. The van der Waals surface area contributed by atoms with Gasteiger partial charge in [-0.2, -0.15) is 10.4 Å². The van der Waals surface area contributed by atoms with Gasteiger partial charge in [0.2, 0.25) is 11.8 Å². The largest absolute Gasteiger partial charge is 0.550 e. The van der Waals surface area contributed by atoms with E-state index in [0.29, 0.717) is 11.4 Å². The van der Waals surface area contributed by atoms with Crippen molar-refractivity contribution in [1.29, 1.82) is 5.26 Å². The summed E-state index contributed by atoms with van der Waals surface area (Å²) in [5.41, 5.74) is 4.56. The second kappa shape index (κ2) is 11.1. The normalized spacial score (nSPS) is 10.6. The van der Waals surface area contributed by atoms with E-state index in [0.717, 1.165) is 48.1 Å². The summed E-state index contributed by atoms with van der Waals surface area (Å²) in [5, 5.41) is 27.1. The van der Waals surface area contributed by atoms with E-state index in [1.54, 1.807) is 0 Å². The van der Waals surface area contributed by atoms with Crippen LogP contribution < -0.4 is 14.6 Å². The Morgan fingerprint density at radius 3 is 2.52 bits per heavy atom. The summed E-state index contributed by atoms with van der Waals surface area (Å²) in [6.45, 7) is 4.63. The number of carboxylic acid groups (broad SMARTS) is 1. The Balaban J connectivity index is 0.000000785. The molecule has 3 rings (SSSR count). The van der Waals surface area contributed by atoms with Crippen LogP contribution in [0.2, 0.25) is 5.02 Å². The molecular formula is C22H25ClN6O2. The maximum atomic E-state index is 8.89. The molecule has 0 N–H and O–H groups in total. The zero-order chi connectivity index (χ0) is 23.0. The maximum absolute atomic E-state index is 8.89. The number of fused-ring (bicyclic) bond motifs is 1. The maximum Gasteiger partial charge on any atom is 0.244 e. The number of carbonyl (C=O) groups excluding carboxylic acids is 1. The van der Waals surface area contributed by atoms with Gasteiger partial charge in [-0.3, -0.25) is 0 Å². The fraction of sp³-hybridized carbons (Fsp3) is 0.318. The van der Waals surface area contributed by atoms with Gasteiger partial charge in [0.05, 0.1) is 32.3 Å². The van der Waals surface area contributed by atoms with Crippen LogP contribution in [0.4, 0.5) is 17.1 Å². The number of aliphatic carboxylic acids is 1.